The summed E-state index contributed by atoms with van der Waals surface area (Å²) in [6.45, 7) is 3.76. The molecule has 1 aromatic carbocycles. The largest absolute Gasteiger partial charge is 0.389 e. The zero-order chi connectivity index (χ0) is 10.8. The van der Waals surface area contributed by atoms with Crippen molar-refractivity contribution in [3.05, 3.63) is 29.0 Å². The third kappa shape index (κ3) is 3.52. The summed E-state index contributed by atoms with van der Waals surface area (Å²) in [5.74, 6) is -0.444. The summed E-state index contributed by atoms with van der Waals surface area (Å²) in [6.07, 6.45) is 0. The lowest BCUT2D eigenvalue weighted by atomic mass is 10.1. The Morgan fingerprint density at radius 1 is 1.50 bits per heavy atom. The van der Waals surface area contributed by atoms with E-state index in [0.717, 1.165) is 0 Å². The molecule has 0 spiro atoms. The third-order valence-electron chi connectivity index (χ3n) is 1.64. The van der Waals surface area contributed by atoms with Gasteiger partial charge in [0.1, 0.15) is 5.82 Å². The molecule has 0 heterocycles. The van der Waals surface area contributed by atoms with E-state index in [-0.39, 0.29) is 5.02 Å². The molecule has 14 heavy (non-hydrogen) atoms. The van der Waals surface area contributed by atoms with Crippen molar-refractivity contribution in [3.8, 4) is 0 Å². The first-order valence-corrected chi connectivity index (χ1v) is 4.67. The topological polar surface area (TPSA) is 32.3 Å². The fraction of sp³-hybridized carbons (Fsp3) is 0.400. The van der Waals surface area contributed by atoms with E-state index >= 15 is 0 Å². The van der Waals surface area contributed by atoms with Crippen molar-refractivity contribution < 1.29 is 9.50 Å². The summed E-state index contributed by atoms with van der Waals surface area (Å²) in [7, 11) is 0. The Bertz CT molecular complexity index is 322. The van der Waals surface area contributed by atoms with E-state index in [1.807, 2.05) is 0 Å². The van der Waals surface area contributed by atoms with Crippen molar-refractivity contribution >= 4 is 17.3 Å². The molecule has 1 rings (SSSR count). The number of aliphatic hydroxyl groups is 1. The number of anilines is 1. The number of benzene rings is 1. The second kappa shape index (κ2) is 4.15. The van der Waals surface area contributed by atoms with Gasteiger partial charge in [0.05, 0.1) is 10.6 Å². The van der Waals surface area contributed by atoms with Crippen molar-refractivity contribution in [3.63, 3.8) is 0 Å². The fourth-order valence-electron chi connectivity index (χ4n) is 0.924. The maximum Gasteiger partial charge on any atom is 0.141 e. The first-order chi connectivity index (χ1) is 6.38. The number of hydrogen-bond donors (Lipinski definition) is 2. The molecule has 4 heteroatoms. The van der Waals surface area contributed by atoms with Gasteiger partial charge in [-0.3, -0.25) is 0 Å². The van der Waals surface area contributed by atoms with E-state index in [1.54, 1.807) is 19.9 Å². The molecule has 0 aliphatic rings. The summed E-state index contributed by atoms with van der Waals surface area (Å²) < 4.78 is 12.8. The van der Waals surface area contributed by atoms with Crippen LogP contribution in [0, 0.1) is 5.82 Å². The van der Waals surface area contributed by atoms with E-state index < -0.39 is 11.4 Å². The molecule has 0 unspecified atom stereocenters. The van der Waals surface area contributed by atoms with E-state index in [1.165, 1.54) is 12.1 Å². The number of rotatable bonds is 3. The van der Waals surface area contributed by atoms with E-state index in [2.05, 4.69) is 5.32 Å². The highest BCUT2D eigenvalue weighted by Crippen LogP contribution is 2.19. The SMILES string of the molecule is CC(C)(O)CNc1ccc(F)c(Cl)c1. The Balaban J connectivity index is 2.65. The minimum absolute atomic E-state index is 0.0748. The molecule has 0 fully saturated rings. The van der Waals surface area contributed by atoms with Crippen LogP contribution in [0.4, 0.5) is 10.1 Å². The Morgan fingerprint density at radius 2 is 2.14 bits per heavy atom. The van der Waals surface area contributed by atoms with Gasteiger partial charge in [-0.1, -0.05) is 11.6 Å². The second-order valence-corrected chi connectivity index (χ2v) is 4.20. The lowest BCUT2D eigenvalue weighted by Gasteiger charge is -2.18. The monoisotopic (exact) mass is 217 g/mol. The molecule has 0 aromatic heterocycles. The molecule has 2 nitrogen and oxygen atoms in total. The minimum Gasteiger partial charge on any atom is -0.389 e. The standard InChI is InChI=1S/C10H13ClFNO/c1-10(2,14)6-13-7-3-4-9(12)8(11)5-7/h3-5,13-14H,6H2,1-2H3. The van der Waals surface area contributed by atoms with Gasteiger partial charge in [0.2, 0.25) is 0 Å². The predicted molar refractivity (Wildman–Crippen MR) is 56.2 cm³/mol. The summed E-state index contributed by atoms with van der Waals surface area (Å²) in [6, 6.07) is 4.35. The van der Waals surface area contributed by atoms with Crippen molar-refractivity contribution in [1.29, 1.82) is 0 Å². The van der Waals surface area contributed by atoms with Crippen LogP contribution in [-0.4, -0.2) is 17.3 Å². The van der Waals surface area contributed by atoms with Crippen molar-refractivity contribution in [2.75, 3.05) is 11.9 Å². The smallest absolute Gasteiger partial charge is 0.141 e. The molecule has 78 valence electrons. The average molecular weight is 218 g/mol. The highest BCUT2D eigenvalue weighted by atomic mass is 35.5. The molecule has 0 bridgehead atoms. The van der Waals surface area contributed by atoms with Gasteiger partial charge in [-0.25, -0.2) is 4.39 Å². The Labute approximate surface area is 87.7 Å². The molecule has 0 radical (unpaired) electrons. The van der Waals surface area contributed by atoms with E-state index in [9.17, 15) is 9.50 Å². The summed E-state index contributed by atoms with van der Waals surface area (Å²) in [5, 5.41) is 12.5. The lowest BCUT2D eigenvalue weighted by molar-refractivity contribution is 0.0945. The van der Waals surface area contributed by atoms with Crippen LogP contribution < -0.4 is 5.32 Å². The zero-order valence-corrected chi connectivity index (χ0v) is 8.90. The fourth-order valence-corrected chi connectivity index (χ4v) is 1.11. The Kier molecular flexibility index (Phi) is 3.34. The van der Waals surface area contributed by atoms with Gasteiger partial charge in [0, 0.05) is 12.2 Å². The van der Waals surface area contributed by atoms with Crippen molar-refractivity contribution in [2.45, 2.75) is 19.4 Å². The van der Waals surface area contributed by atoms with Gasteiger partial charge in [-0.05, 0) is 32.0 Å². The lowest BCUT2D eigenvalue weighted by Crippen LogP contribution is -2.29. The van der Waals surface area contributed by atoms with Crippen LogP contribution in [0.3, 0.4) is 0 Å². The van der Waals surface area contributed by atoms with Crippen LogP contribution in [0.5, 0.6) is 0 Å². The molecular weight excluding hydrogens is 205 g/mol. The van der Waals surface area contributed by atoms with Gasteiger partial charge in [-0.15, -0.1) is 0 Å². The molecule has 0 aliphatic carbocycles. The maximum atomic E-state index is 12.8. The molecule has 0 atom stereocenters. The number of nitrogens with one attached hydrogen (secondary N) is 1. The predicted octanol–water partition coefficient (Wildman–Crippen LogP) is 2.66. The van der Waals surface area contributed by atoms with E-state index in [4.69, 9.17) is 11.6 Å². The first-order valence-electron chi connectivity index (χ1n) is 4.30. The van der Waals surface area contributed by atoms with Crippen LogP contribution in [0.15, 0.2) is 18.2 Å². The summed E-state index contributed by atoms with van der Waals surface area (Å²) >= 11 is 5.59. The molecular formula is C10H13ClFNO. The van der Waals surface area contributed by atoms with Crippen LogP contribution >= 0.6 is 11.6 Å². The first kappa shape index (κ1) is 11.3. The van der Waals surface area contributed by atoms with E-state index in [0.29, 0.717) is 12.2 Å². The van der Waals surface area contributed by atoms with Crippen LogP contribution in [0.25, 0.3) is 0 Å². The quantitative estimate of drug-likeness (QED) is 0.816. The Morgan fingerprint density at radius 3 is 2.64 bits per heavy atom. The van der Waals surface area contributed by atoms with Crippen LogP contribution in [-0.2, 0) is 0 Å². The van der Waals surface area contributed by atoms with Gasteiger partial charge >= 0.3 is 0 Å². The Hall–Kier alpha value is -0.800. The number of halogens is 2. The molecule has 0 aliphatic heterocycles. The molecule has 2 N–H and O–H groups in total. The average Bonchev–Trinajstić information content (AvgIpc) is 2.06. The van der Waals surface area contributed by atoms with Gasteiger partial charge < -0.3 is 10.4 Å². The maximum absolute atomic E-state index is 12.8. The zero-order valence-electron chi connectivity index (χ0n) is 8.14. The number of hydrogen-bond acceptors (Lipinski definition) is 2. The molecule has 0 amide bonds. The van der Waals surface area contributed by atoms with Crippen molar-refractivity contribution in [2.24, 2.45) is 0 Å². The van der Waals surface area contributed by atoms with Crippen molar-refractivity contribution in [1.82, 2.24) is 0 Å². The minimum atomic E-state index is -0.805. The second-order valence-electron chi connectivity index (χ2n) is 3.79. The normalized spacial score (nSPS) is 11.5. The van der Waals surface area contributed by atoms with Gasteiger partial charge in [-0.2, -0.15) is 0 Å². The summed E-state index contributed by atoms with van der Waals surface area (Å²) in [4.78, 5) is 0. The summed E-state index contributed by atoms with van der Waals surface area (Å²) in [5.41, 5.74) is -0.112. The highest BCUT2D eigenvalue weighted by molar-refractivity contribution is 6.31. The molecule has 1 aromatic rings. The van der Waals surface area contributed by atoms with Crippen LogP contribution in [0.2, 0.25) is 5.02 Å². The van der Waals surface area contributed by atoms with Crippen LogP contribution in [0.1, 0.15) is 13.8 Å². The van der Waals surface area contributed by atoms with Gasteiger partial charge in [0.15, 0.2) is 0 Å². The third-order valence-corrected chi connectivity index (χ3v) is 1.93. The molecule has 0 saturated carbocycles. The van der Waals surface area contributed by atoms with Gasteiger partial charge in [0.25, 0.3) is 0 Å². The highest BCUT2D eigenvalue weighted by Gasteiger charge is 2.11. The molecule has 0 saturated heterocycles.